The number of hydrogen-bond acceptors (Lipinski definition) is 6. The lowest BCUT2D eigenvalue weighted by atomic mass is 10.1. The molecule has 20 heavy (non-hydrogen) atoms. The van der Waals surface area contributed by atoms with Crippen LogP contribution in [0.25, 0.3) is 0 Å². The van der Waals surface area contributed by atoms with Gasteiger partial charge in [-0.25, -0.2) is 4.98 Å². The summed E-state index contributed by atoms with van der Waals surface area (Å²) in [6.07, 6.45) is 1.04. The van der Waals surface area contributed by atoms with Gasteiger partial charge in [0.25, 0.3) is 5.91 Å². The van der Waals surface area contributed by atoms with Gasteiger partial charge in [-0.15, -0.1) is 0 Å². The molecule has 1 amide bonds. The van der Waals surface area contributed by atoms with Gasteiger partial charge >= 0.3 is 0 Å². The van der Waals surface area contributed by atoms with Gasteiger partial charge in [0, 0.05) is 27.2 Å². The molecule has 3 N–H and O–H groups in total. The summed E-state index contributed by atoms with van der Waals surface area (Å²) in [7, 11) is 3.43. The molecule has 0 saturated heterocycles. The van der Waals surface area contributed by atoms with E-state index in [1.807, 2.05) is 0 Å². The number of methoxy groups -OCH3 is 1. The Hall–Kier alpha value is -1.34. The molecule has 1 aromatic rings. The van der Waals surface area contributed by atoms with Crippen molar-refractivity contribution in [1.82, 2.24) is 9.88 Å². The summed E-state index contributed by atoms with van der Waals surface area (Å²) in [5, 5.41) is 3.74. The Morgan fingerprint density at radius 3 is 2.90 bits per heavy atom. The number of aromatic nitrogens is 1. The second-order valence-electron chi connectivity index (χ2n) is 4.85. The van der Waals surface area contributed by atoms with E-state index in [0.717, 1.165) is 13.0 Å². The molecule has 114 valence electrons. The number of ether oxygens (including phenoxy) is 1. The maximum absolute atomic E-state index is 12.3. The lowest BCUT2D eigenvalue weighted by Crippen LogP contribution is -2.30. The molecule has 0 bridgehead atoms. The summed E-state index contributed by atoms with van der Waals surface area (Å²) in [5.41, 5.74) is 5.83. The van der Waals surface area contributed by atoms with Gasteiger partial charge in [-0.3, -0.25) is 4.79 Å². The van der Waals surface area contributed by atoms with Gasteiger partial charge in [-0.05, 0) is 5.92 Å². The maximum atomic E-state index is 12.3. The van der Waals surface area contributed by atoms with E-state index in [2.05, 4.69) is 24.1 Å². The van der Waals surface area contributed by atoms with E-state index in [1.165, 1.54) is 11.3 Å². The molecule has 1 rings (SSSR count). The van der Waals surface area contributed by atoms with Crippen LogP contribution in [0.2, 0.25) is 0 Å². The molecular weight excluding hydrogens is 276 g/mol. The average Bonchev–Trinajstić information content (AvgIpc) is 2.79. The third-order valence-corrected chi connectivity index (χ3v) is 4.08. The summed E-state index contributed by atoms with van der Waals surface area (Å²) in [6, 6.07) is 0. The van der Waals surface area contributed by atoms with Gasteiger partial charge in [-0.1, -0.05) is 31.6 Å². The molecule has 1 aromatic heterocycles. The van der Waals surface area contributed by atoms with Crippen LogP contribution in [0.5, 0.6) is 0 Å². The Labute approximate surface area is 124 Å². The summed E-state index contributed by atoms with van der Waals surface area (Å²) in [6.45, 7) is 6.18. The van der Waals surface area contributed by atoms with Crippen molar-refractivity contribution in [1.29, 1.82) is 0 Å². The number of nitrogen functional groups attached to an aromatic ring is 1. The minimum atomic E-state index is -0.0694. The number of nitrogens with two attached hydrogens (primary N) is 1. The van der Waals surface area contributed by atoms with Gasteiger partial charge < -0.3 is 20.7 Å². The monoisotopic (exact) mass is 300 g/mol. The molecule has 0 saturated carbocycles. The first-order valence-corrected chi connectivity index (χ1v) is 7.55. The van der Waals surface area contributed by atoms with Crippen molar-refractivity contribution in [3.05, 3.63) is 4.88 Å². The molecule has 1 heterocycles. The number of amides is 1. The van der Waals surface area contributed by atoms with Crippen LogP contribution < -0.4 is 11.1 Å². The van der Waals surface area contributed by atoms with Crippen LogP contribution in [0.4, 0.5) is 10.9 Å². The first-order valence-electron chi connectivity index (χ1n) is 6.74. The van der Waals surface area contributed by atoms with Crippen molar-refractivity contribution >= 4 is 28.2 Å². The van der Waals surface area contributed by atoms with Crippen molar-refractivity contribution in [2.45, 2.75) is 20.3 Å². The first kappa shape index (κ1) is 16.7. The van der Waals surface area contributed by atoms with Crippen LogP contribution >= 0.6 is 11.3 Å². The third-order valence-electron chi connectivity index (χ3n) is 3.06. The van der Waals surface area contributed by atoms with Crippen molar-refractivity contribution < 1.29 is 9.53 Å². The predicted octanol–water partition coefficient (Wildman–Crippen LogP) is 1.90. The number of thiazole rings is 1. The number of nitrogens with zero attached hydrogens (tertiary/aromatic N) is 2. The molecular formula is C13H24N4O2S. The van der Waals surface area contributed by atoms with Gasteiger partial charge in [0.2, 0.25) is 0 Å². The molecule has 1 atom stereocenters. The topological polar surface area (TPSA) is 80.5 Å². The zero-order valence-electron chi connectivity index (χ0n) is 12.6. The number of anilines is 2. The van der Waals surface area contributed by atoms with Crippen LogP contribution in [-0.4, -0.2) is 49.6 Å². The van der Waals surface area contributed by atoms with Crippen molar-refractivity contribution in [3.63, 3.8) is 0 Å². The molecule has 0 aliphatic carbocycles. The SMILES string of the molecule is CCC(C)CN(C)C(=O)c1sc(NCCOC)nc1N. The van der Waals surface area contributed by atoms with E-state index in [1.54, 1.807) is 19.1 Å². The van der Waals surface area contributed by atoms with E-state index < -0.39 is 0 Å². The number of rotatable bonds is 8. The van der Waals surface area contributed by atoms with Gasteiger partial charge in [0.15, 0.2) is 5.13 Å². The predicted molar refractivity (Wildman–Crippen MR) is 83.3 cm³/mol. The molecule has 1 unspecified atom stereocenters. The summed E-state index contributed by atoms with van der Waals surface area (Å²) in [5.74, 6) is 0.688. The Balaban J connectivity index is 2.67. The van der Waals surface area contributed by atoms with Crippen molar-refractivity contribution in [3.8, 4) is 0 Å². The number of nitrogens with one attached hydrogen (secondary N) is 1. The second kappa shape index (κ2) is 8.06. The Morgan fingerprint density at radius 1 is 1.60 bits per heavy atom. The molecule has 0 aliphatic heterocycles. The average molecular weight is 300 g/mol. The van der Waals surface area contributed by atoms with Crippen LogP contribution in [0.1, 0.15) is 29.9 Å². The van der Waals surface area contributed by atoms with Crippen LogP contribution in [0, 0.1) is 5.92 Å². The van der Waals surface area contributed by atoms with Crippen LogP contribution in [-0.2, 0) is 4.74 Å². The fourth-order valence-electron chi connectivity index (χ4n) is 1.67. The normalized spacial score (nSPS) is 12.2. The highest BCUT2D eigenvalue weighted by Gasteiger charge is 2.20. The van der Waals surface area contributed by atoms with Gasteiger partial charge in [-0.2, -0.15) is 0 Å². The first-order chi connectivity index (χ1) is 9.49. The fraction of sp³-hybridized carbons (Fsp3) is 0.692. The van der Waals surface area contributed by atoms with E-state index in [4.69, 9.17) is 10.5 Å². The molecule has 7 heteroatoms. The number of carbonyl (C=O) groups is 1. The Bertz CT molecular complexity index is 436. The molecule has 6 nitrogen and oxygen atoms in total. The molecule has 0 spiro atoms. The zero-order valence-corrected chi connectivity index (χ0v) is 13.4. The van der Waals surface area contributed by atoms with Gasteiger partial charge in [0.1, 0.15) is 10.7 Å². The summed E-state index contributed by atoms with van der Waals surface area (Å²) < 4.78 is 4.95. The van der Waals surface area contributed by atoms with Crippen molar-refractivity contribution in [2.75, 3.05) is 44.9 Å². The van der Waals surface area contributed by atoms with E-state index in [-0.39, 0.29) is 11.7 Å². The quantitative estimate of drug-likeness (QED) is 0.717. The molecule has 0 aromatic carbocycles. The van der Waals surface area contributed by atoms with E-state index >= 15 is 0 Å². The Kier molecular flexibility index (Phi) is 6.74. The largest absolute Gasteiger partial charge is 0.383 e. The van der Waals surface area contributed by atoms with Crippen LogP contribution in [0.3, 0.4) is 0 Å². The lowest BCUT2D eigenvalue weighted by molar-refractivity contribution is 0.0780. The Morgan fingerprint density at radius 2 is 2.30 bits per heavy atom. The minimum Gasteiger partial charge on any atom is -0.383 e. The van der Waals surface area contributed by atoms with E-state index in [0.29, 0.717) is 29.1 Å². The standard InChI is InChI=1S/C13H24N4O2S/c1-5-9(2)8-17(3)12(18)10-11(14)16-13(20-10)15-6-7-19-4/h9H,5-8,14H2,1-4H3,(H,15,16). The maximum Gasteiger partial charge on any atom is 0.267 e. The molecule has 0 radical (unpaired) electrons. The second-order valence-corrected chi connectivity index (χ2v) is 5.85. The summed E-state index contributed by atoms with van der Waals surface area (Å²) >= 11 is 1.29. The molecule has 0 fully saturated rings. The number of carbonyl (C=O) groups excluding carboxylic acids is 1. The third kappa shape index (κ3) is 4.64. The van der Waals surface area contributed by atoms with Gasteiger partial charge in [0.05, 0.1) is 6.61 Å². The zero-order chi connectivity index (χ0) is 15.1. The van der Waals surface area contributed by atoms with E-state index in [9.17, 15) is 4.79 Å². The minimum absolute atomic E-state index is 0.0694. The summed E-state index contributed by atoms with van der Waals surface area (Å²) in [4.78, 5) is 18.7. The highest BCUT2D eigenvalue weighted by Crippen LogP contribution is 2.26. The number of hydrogen-bond donors (Lipinski definition) is 2. The fourth-order valence-corrected chi connectivity index (χ4v) is 2.58. The van der Waals surface area contributed by atoms with Crippen molar-refractivity contribution in [2.24, 2.45) is 5.92 Å². The molecule has 0 aliphatic rings. The highest BCUT2D eigenvalue weighted by molar-refractivity contribution is 7.18. The lowest BCUT2D eigenvalue weighted by Gasteiger charge is -2.20. The highest BCUT2D eigenvalue weighted by atomic mass is 32.1. The van der Waals surface area contributed by atoms with Crippen LogP contribution in [0.15, 0.2) is 0 Å². The smallest absolute Gasteiger partial charge is 0.267 e.